The molecular formula is C49H30N4S. The first-order valence-corrected chi connectivity index (χ1v) is 18.9. The zero-order chi connectivity index (χ0) is 35.6. The SMILES string of the molecule is c1ccc(-c2nc(-c3ccc(-c4nc5sc6ccccc6c5c5ccccc45)cc3)cc(-c3ccc(-n4c5ccccc5c5ccccc54)cc3)n2)cc1. The van der Waals surface area contributed by atoms with Crippen LogP contribution in [0.3, 0.4) is 0 Å². The van der Waals surface area contributed by atoms with Crippen molar-refractivity contribution in [2.45, 2.75) is 0 Å². The summed E-state index contributed by atoms with van der Waals surface area (Å²) >= 11 is 1.76. The zero-order valence-electron chi connectivity index (χ0n) is 29.0. The lowest BCUT2D eigenvalue weighted by Crippen LogP contribution is -1.97. The number of benzene rings is 7. The molecule has 0 N–H and O–H groups in total. The standard InChI is InChI=1S/C49H30N4S/c1-2-12-34(13-3-1)48-50-41(30-42(51-48)32-26-28-35(29-27-32)53-43-19-9-6-14-36(43)37-15-7-10-20-44(37)53)31-22-24-33(25-23-31)47-39-17-5-4-16-38(39)46-40-18-8-11-21-45(40)54-49(46)52-47/h1-30H. The number of rotatable bonds is 5. The highest BCUT2D eigenvalue weighted by Crippen LogP contribution is 2.41. The number of para-hydroxylation sites is 2. The van der Waals surface area contributed by atoms with Gasteiger partial charge in [-0.25, -0.2) is 15.0 Å². The normalized spacial score (nSPS) is 11.7. The largest absolute Gasteiger partial charge is 0.309 e. The van der Waals surface area contributed by atoms with Crippen LogP contribution < -0.4 is 0 Å². The molecule has 0 saturated heterocycles. The van der Waals surface area contributed by atoms with E-state index >= 15 is 0 Å². The van der Waals surface area contributed by atoms with Crippen molar-refractivity contribution in [2.24, 2.45) is 0 Å². The van der Waals surface area contributed by atoms with E-state index in [1.54, 1.807) is 11.3 Å². The van der Waals surface area contributed by atoms with Gasteiger partial charge in [-0.05, 0) is 41.8 Å². The monoisotopic (exact) mass is 706 g/mol. The molecule has 0 amide bonds. The highest BCUT2D eigenvalue weighted by atomic mass is 32.1. The van der Waals surface area contributed by atoms with Crippen molar-refractivity contribution in [1.29, 1.82) is 0 Å². The second-order valence-electron chi connectivity index (χ2n) is 13.6. The maximum absolute atomic E-state index is 5.27. The molecule has 252 valence electrons. The summed E-state index contributed by atoms with van der Waals surface area (Å²) in [6.45, 7) is 0. The molecule has 0 unspecified atom stereocenters. The van der Waals surface area contributed by atoms with E-state index < -0.39 is 0 Å². The maximum atomic E-state index is 5.27. The van der Waals surface area contributed by atoms with Crippen molar-refractivity contribution in [1.82, 2.24) is 19.5 Å². The molecule has 4 heterocycles. The van der Waals surface area contributed by atoms with Crippen molar-refractivity contribution in [3.8, 4) is 50.8 Å². The van der Waals surface area contributed by atoms with Crippen molar-refractivity contribution < 1.29 is 0 Å². The zero-order valence-corrected chi connectivity index (χ0v) is 29.8. The topological polar surface area (TPSA) is 43.6 Å². The lowest BCUT2D eigenvalue weighted by atomic mass is 9.99. The number of fused-ring (bicyclic) bond motifs is 8. The fourth-order valence-corrected chi connectivity index (χ4v) is 9.00. The second kappa shape index (κ2) is 12.3. The van der Waals surface area contributed by atoms with Crippen LogP contribution in [0.15, 0.2) is 182 Å². The van der Waals surface area contributed by atoms with Crippen LogP contribution in [0, 0.1) is 0 Å². The fraction of sp³-hybridized carbons (Fsp3) is 0. The van der Waals surface area contributed by atoms with Gasteiger partial charge in [0.1, 0.15) is 4.83 Å². The third-order valence-corrected chi connectivity index (χ3v) is 11.5. The highest BCUT2D eigenvalue weighted by molar-refractivity contribution is 7.25. The van der Waals surface area contributed by atoms with E-state index in [0.717, 1.165) is 55.2 Å². The smallest absolute Gasteiger partial charge is 0.160 e. The van der Waals surface area contributed by atoms with Crippen LogP contribution in [0.25, 0.3) is 104 Å². The predicted octanol–water partition coefficient (Wildman–Crippen LogP) is 13.2. The van der Waals surface area contributed by atoms with Crippen LogP contribution in [-0.2, 0) is 0 Å². The number of nitrogens with zero attached hydrogens (tertiary/aromatic N) is 4. The first-order chi connectivity index (χ1) is 26.8. The van der Waals surface area contributed by atoms with Crippen LogP contribution in [-0.4, -0.2) is 19.5 Å². The molecule has 0 aliphatic carbocycles. The van der Waals surface area contributed by atoms with Crippen LogP contribution in [0.2, 0.25) is 0 Å². The lowest BCUT2D eigenvalue weighted by Gasteiger charge is -2.12. The van der Waals surface area contributed by atoms with E-state index in [2.05, 4.69) is 168 Å². The molecule has 54 heavy (non-hydrogen) atoms. The Kier molecular flexibility index (Phi) is 7.00. The van der Waals surface area contributed by atoms with E-state index in [4.69, 9.17) is 15.0 Å². The average molecular weight is 707 g/mol. The van der Waals surface area contributed by atoms with Gasteiger partial charge in [0.25, 0.3) is 0 Å². The molecule has 11 rings (SSSR count). The van der Waals surface area contributed by atoms with Crippen LogP contribution in [0.5, 0.6) is 0 Å². The molecule has 0 aliphatic rings. The molecule has 5 heteroatoms. The van der Waals surface area contributed by atoms with Crippen LogP contribution in [0.4, 0.5) is 0 Å². The van der Waals surface area contributed by atoms with Gasteiger partial charge in [-0.3, -0.25) is 0 Å². The minimum atomic E-state index is 0.696. The van der Waals surface area contributed by atoms with E-state index in [1.807, 2.05) is 18.2 Å². The number of thiophene rings is 1. The van der Waals surface area contributed by atoms with Gasteiger partial charge in [-0.1, -0.05) is 146 Å². The van der Waals surface area contributed by atoms with Gasteiger partial charge in [0.2, 0.25) is 0 Å². The third kappa shape index (κ3) is 4.94. The first-order valence-electron chi connectivity index (χ1n) is 18.1. The van der Waals surface area contributed by atoms with Crippen molar-refractivity contribution in [3.63, 3.8) is 0 Å². The summed E-state index contributed by atoms with van der Waals surface area (Å²) in [5.74, 6) is 0.696. The van der Waals surface area contributed by atoms with Crippen molar-refractivity contribution >= 4 is 64.2 Å². The molecule has 0 aliphatic heterocycles. The summed E-state index contributed by atoms with van der Waals surface area (Å²) in [4.78, 5) is 16.6. The fourth-order valence-electron chi connectivity index (χ4n) is 7.90. The molecule has 4 aromatic heterocycles. The quantitative estimate of drug-likeness (QED) is 0.179. The Morgan fingerprint density at radius 2 is 0.907 bits per heavy atom. The van der Waals surface area contributed by atoms with Gasteiger partial charge in [0.05, 0.1) is 28.1 Å². The number of hydrogen-bond donors (Lipinski definition) is 0. The number of pyridine rings is 1. The molecule has 0 saturated carbocycles. The van der Waals surface area contributed by atoms with E-state index in [0.29, 0.717) is 5.82 Å². The molecule has 0 radical (unpaired) electrons. The van der Waals surface area contributed by atoms with Gasteiger partial charge < -0.3 is 4.57 Å². The molecule has 11 aromatic rings. The van der Waals surface area contributed by atoms with Gasteiger partial charge >= 0.3 is 0 Å². The Morgan fingerprint density at radius 3 is 1.57 bits per heavy atom. The Labute approximate surface area is 315 Å². The summed E-state index contributed by atoms with van der Waals surface area (Å²) in [5, 5.41) is 7.38. The summed E-state index contributed by atoms with van der Waals surface area (Å²) in [6.07, 6.45) is 0. The average Bonchev–Trinajstić information content (AvgIpc) is 3.80. The molecule has 0 atom stereocenters. The second-order valence-corrected chi connectivity index (χ2v) is 14.6. The summed E-state index contributed by atoms with van der Waals surface area (Å²) < 4.78 is 3.60. The molecule has 0 fully saturated rings. The van der Waals surface area contributed by atoms with Crippen LogP contribution >= 0.6 is 11.3 Å². The summed E-state index contributed by atoms with van der Waals surface area (Å²) in [7, 11) is 0. The minimum absolute atomic E-state index is 0.696. The van der Waals surface area contributed by atoms with Gasteiger partial charge in [-0.15, -0.1) is 11.3 Å². The van der Waals surface area contributed by atoms with Gasteiger partial charge in [-0.2, -0.15) is 0 Å². The lowest BCUT2D eigenvalue weighted by molar-refractivity contribution is 1.17. The third-order valence-electron chi connectivity index (χ3n) is 10.5. The van der Waals surface area contributed by atoms with Crippen molar-refractivity contribution in [3.05, 3.63) is 182 Å². The highest BCUT2D eigenvalue weighted by Gasteiger charge is 2.17. The van der Waals surface area contributed by atoms with E-state index in [-0.39, 0.29) is 0 Å². The Hall–Kier alpha value is -6.95. The molecule has 0 bridgehead atoms. The maximum Gasteiger partial charge on any atom is 0.160 e. The Balaban J connectivity index is 1.01. The number of aromatic nitrogens is 4. The molecule has 7 aromatic carbocycles. The molecule has 4 nitrogen and oxygen atoms in total. The summed E-state index contributed by atoms with van der Waals surface area (Å²) in [5.41, 5.74) is 10.3. The Morgan fingerprint density at radius 1 is 0.389 bits per heavy atom. The predicted molar refractivity (Wildman–Crippen MR) is 226 cm³/mol. The molecule has 0 spiro atoms. The minimum Gasteiger partial charge on any atom is -0.309 e. The van der Waals surface area contributed by atoms with E-state index in [9.17, 15) is 0 Å². The van der Waals surface area contributed by atoms with E-state index in [1.165, 1.54) is 42.7 Å². The van der Waals surface area contributed by atoms with Gasteiger partial charge in [0.15, 0.2) is 5.82 Å². The molecular weight excluding hydrogens is 677 g/mol. The first kappa shape index (κ1) is 30.7. The number of hydrogen-bond acceptors (Lipinski definition) is 4. The van der Waals surface area contributed by atoms with Crippen molar-refractivity contribution in [2.75, 3.05) is 0 Å². The summed E-state index contributed by atoms with van der Waals surface area (Å²) in [6, 6.07) is 64.2. The van der Waals surface area contributed by atoms with Crippen LogP contribution in [0.1, 0.15) is 0 Å². The Bertz CT molecular complexity index is 3140. The van der Waals surface area contributed by atoms with Gasteiger partial charge in [0, 0.05) is 59.6 Å².